The summed E-state index contributed by atoms with van der Waals surface area (Å²) in [5.41, 5.74) is 2.15. The van der Waals surface area contributed by atoms with Crippen molar-refractivity contribution in [3.8, 4) is 0 Å². The van der Waals surface area contributed by atoms with Crippen molar-refractivity contribution in [2.75, 3.05) is 22.4 Å². The molecule has 0 radical (unpaired) electrons. The Kier molecular flexibility index (Phi) is 8.89. The number of nitrogens with zero attached hydrogens (tertiary/aromatic N) is 1. The van der Waals surface area contributed by atoms with E-state index in [4.69, 9.17) is 11.6 Å². The highest BCUT2D eigenvalue weighted by atomic mass is 35.5. The summed E-state index contributed by atoms with van der Waals surface area (Å²) < 4.78 is 26.2. The maximum Gasteiger partial charge on any atom is 0.255 e. The molecule has 0 aliphatic heterocycles. The minimum atomic E-state index is -3.61. The van der Waals surface area contributed by atoms with E-state index in [0.717, 1.165) is 19.1 Å². The van der Waals surface area contributed by atoms with Crippen LogP contribution in [0.4, 0.5) is 11.4 Å². The lowest BCUT2D eigenvalue weighted by molar-refractivity contribution is 0.0954. The highest BCUT2D eigenvalue weighted by molar-refractivity contribution is 7.92. The average molecular weight is 514 g/mol. The zero-order chi connectivity index (χ0) is 25.4. The van der Waals surface area contributed by atoms with Crippen LogP contribution in [-0.2, 0) is 16.6 Å². The largest absolute Gasteiger partial charge is 0.352 e. The standard InChI is InChI=1S/C26H28ClN3O4S/c1-3-4-17-28-26(32)22-10-6-8-12-24(22)29-25(31)19-13-15-21(16-14-19)30(35(2,33)34)18-20-9-5-7-11-23(20)27/h5-16H,3-4,17-18H2,1-2H3,(H,28,32)(H,29,31). The number of benzene rings is 3. The number of amides is 2. The van der Waals surface area contributed by atoms with Crippen molar-refractivity contribution in [3.63, 3.8) is 0 Å². The van der Waals surface area contributed by atoms with Gasteiger partial charge in [0.25, 0.3) is 11.8 Å². The van der Waals surface area contributed by atoms with E-state index in [0.29, 0.717) is 39.6 Å². The quantitative estimate of drug-likeness (QED) is 0.369. The molecule has 0 aliphatic rings. The zero-order valence-corrected chi connectivity index (χ0v) is 21.2. The lowest BCUT2D eigenvalue weighted by Crippen LogP contribution is -2.29. The van der Waals surface area contributed by atoms with Crippen molar-refractivity contribution < 1.29 is 18.0 Å². The second-order valence-corrected chi connectivity index (χ2v) is 10.3. The molecule has 2 N–H and O–H groups in total. The summed E-state index contributed by atoms with van der Waals surface area (Å²) in [5, 5.41) is 6.09. The van der Waals surface area contributed by atoms with Gasteiger partial charge in [-0.25, -0.2) is 8.42 Å². The highest BCUT2D eigenvalue weighted by Gasteiger charge is 2.20. The SMILES string of the molecule is CCCCNC(=O)c1ccccc1NC(=O)c1ccc(N(Cc2ccccc2Cl)S(C)(=O)=O)cc1. The van der Waals surface area contributed by atoms with Gasteiger partial charge in [-0.3, -0.25) is 13.9 Å². The molecule has 35 heavy (non-hydrogen) atoms. The molecule has 7 nitrogen and oxygen atoms in total. The first-order valence-electron chi connectivity index (χ1n) is 11.2. The van der Waals surface area contributed by atoms with Crippen molar-refractivity contribution in [1.82, 2.24) is 5.32 Å². The van der Waals surface area contributed by atoms with Crippen molar-refractivity contribution in [2.24, 2.45) is 0 Å². The van der Waals surface area contributed by atoms with Crippen LogP contribution >= 0.6 is 11.6 Å². The molecular weight excluding hydrogens is 486 g/mol. The van der Waals surface area contributed by atoms with Gasteiger partial charge < -0.3 is 10.6 Å². The van der Waals surface area contributed by atoms with Gasteiger partial charge in [-0.1, -0.05) is 55.3 Å². The van der Waals surface area contributed by atoms with Gasteiger partial charge in [0.05, 0.1) is 29.7 Å². The number of nitrogens with one attached hydrogen (secondary N) is 2. The molecule has 0 aliphatic carbocycles. The van der Waals surface area contributed by atoms with Gasteiger partial charge >= 0.3 is 0 Å². The van der Waals surface area contributed by atoms with Crippen molar-refractivity contribution >= 4 is 44.8 Å². The Bertz CT molecular complexity index is 1290. The number of para-hydroxylation sites is 1. The molecule has 0 fully saturated rings. The molecule has 3 aromatic carbocycles. The second kappa shape index (κ2) is 11.9. The number of halogens is 1. The topological polar surface area (TPSA) is 95.6 Å². The van der Waals surface area contributed by atoms with Gasteiger partial charge in [-0.2, -0.15) is 0 Å². The first kappa shape index (κ1) is 26.2. The Balaban J connectivity index is 1.78. The number of hydrogen-bond acceptors (Lipinski definition) is 4. The van der Waals surface area contributed by atoms with Crippen LogP contribution < -0.4 is 14.9 Å². The molecule has 3 aromatic rings. The third-order valence-corrected chi connectivity index (χ3v) is 6.83. The first-order valence-corrected chi connectivity index (χ1v) is 13.4. The van der Waals surface area contributed by atoms with Crippen LogP contribution in [0.3, 0.4) is 0 Å². The molecule has 0 heterocycles. The average Bonchev–Trinajstić information content (AvgIpc) is 2.83. The third-order valence-electron chi connectivity index (χ3n) is 5.33. The molecule has 0 unspecified atom stereocenters. The second-order valence-electron chi connectivity index (χ2n) is 8.02. The maximum absolute atomic E-state index is 12.9. The third kappa shape index (κ3) is 7.07. The zero-order valence-electron chi connectivity index (χ0n) is 19.6. The van der Waals surface area contributed by atoms with Crippen LogP contribution in [0.25, 0.3) is 0 Å². The van der Waals surface area contributed by atoms with Gasteiger partial charge in [-0.15, -0.1) is 0 Å². The molecule has 0 spiro atoms. The Morgan fingerprint density at radius 1 is 0.914 bits per heavy atom. The van der Waals surface area contributed by atoms with Gasteiger partial charge in [0.15, 0.2) is 0 Å². The Hall–Kier alpha value is -3.36. The van der Waals surface area contributed by atoms with Gasteiger partial charge in [0.1, 0.15) is 0 Å². The van der Waals surface area contributed by atoms with E-state index in [1.165, 1.54) is 4.31 Å². The summed E-state index contributed by atoms with van der Waals surface area (Å²) in [6, 6.07) is 20.0. The number of anilines is 2. The summed E-state index contributed by atoms with van der Waals surface area (Å²) in [5.74, 6) is -0.671. The lowest BCUT2D eigenvalue weighted by atomic mass is 10.1. The number of sulfonamides is 1. The number of hydrogen-bond donors (Lipinski definition) is 2. The molecule has 3 rings (SSSR count). The number of carbonyl (C=O) groups is 2. The Morgan fingerprint density at radius 3 is 2.23 bits per heavy atom. The van der Waals surface area contributed by atoms with E-state index in [1.54, 1.807) is 72.8 Å². The van der Waals surface area contributed by atoms with E-state index in [9.17, 15) is 18.0 Å². The number of unbranched alkanes of at least 4 members (excludes halogenated alkanes) is 1. The first-order chi connectivity index (χ1) is 16.7. The number of carbonyl (C=O) groups excluding carboxylic acids is 2. The summed E-state index contributed by atoms with van der Waals surface area (Å²) in [6.07, 6.45) is 2.95. The molecule has 0 saturated heterocycles. The molecule has 184 valence electrons. The number of rotatable bonds is 10. The van der Waals surface area contributed by atoms with Crippen LogP contribution in [0.1, 0.15) is 46.0 Å². The Morgan fingerprint density at radius 2 is 1.57 bits per heavy atom. The van der Waals surface area contributed by atoms with Crippen LogP contribution in [0.5, 0.6) is 0 Å². The molecule has 9 heteroatoms. The smallest absolute Gasteiger partial charge is 0.255 e. The summed E-state index contributed by atoms with van der Waals surface area (Å²) in [4.78, 5) is 25.4. The van der Waals surface area contributed by atoms with Crippen LogP contribution in [-0.4, -0.2) is 33.0 Å². The maximum atomic E-state index is 12.9. The normalized spacial score (nSPS) is 11.1. The fraction of sp³-hybridized carbons (Fsp3) is 0.231. The highest BCUT2D eigenvalue weighted by Crippen LogP contribution is 2.25. The summed E-state index contributed by atoms with van der Waals surface area (Å²) in [6.45, 7) is 2.66. The molecule has 2 amide bonds. The van der Waals surface area contributed by atoms with Crippen molar-refractivity contribution in [1.29, 1.82) is 0 Å². The monoisotopic (exact) mass is 513 g/mol. The van der Waals surface area contributed by atoms with Crippen molar-refractivity contribution in [3.05, 3.63) is 94.5 Å². The minimum absolute atomic E-state index is 0.0601. The van der Waals surface area contributed by atoms with Crippen LogP contribution in [0.2, 0.25) is 5.02 Å². The van der Waals surface area contributed by atoms with Crippen molar-refractivity contribution in [2.45, 2.75) is 26.3 Å². The van der Waals surface area contributed by atoms with Crippen LogP contribution in [0.15, 0.2) is 72.8 Å². The van der Waals surface area contributed by atoms with E-state index >= 15 is 0 Å². The molecular formula is C26H28ClN3O4S. The van der Waals surface area contributed by atoms with Gasteiger partial charge in [0.2, 0.25) is 10.0 Å². The van der Waals surface area contributed by atoms with Gasteiger partial charge in [-0.05, 0) is 54.4 Å². The fourth-order valence-electron chi connectivity index (χ4n) is 3.42. The fourth-order valence-corrected chi connectivity index (χ4v) is 4.49. The van der Waals surface area contributed by atoms with E-state index in [2.05, 4.69) is 10.6 Å². The van der Waals surface area contributed by atoms with Crippen LogP contribution in [0, 0.1) is 0 Å². The molecule has 0 aromatic heterocycles. The predicted octanol–water partition coefficient (Wildman–Crippen LogP) is 5.09. The molecule has 0 saturated carbocycles. The summed E-state index contributed by atoms with van der Waals surface area (Å²) in [7, 11) is -3.61. The lowest BCUT2D eigenvalue weighted by Gasteiger charge is -2.23. The molecule has 0 atom stereocenters. The van der Waals surface area contributed by atoms with E-state index in [1.807, 2.05) is 6.92 Å². The van der Waals surface area contributed by atoms with E-state index < -0.39 is 15.9 Å². The van der Waals surface area contributed by atoms with Gasteiger partial charge in [0, 0.05) is 17.1 Å². The molecule has 0 bridgehead atoms. The van der Waals surface area contributed by atoms with E-state index in [-0.39, 0.29) is 12.5 Å². The summed E-state index contributed by atoms with van der Waals surface area (Å²) >= 11 is 6.22. The Labute approximate surface area is 211 Å². The minimum Gasteiger partial charge on any atom is -0.352 e. The predicted molar refractivity (Wildman–Crippen MR) is 141 cm³/mol.